The van der Waals surface area contributed by atoms with Crippen LogP contribution in [-0.2, 0) is 6.54 Å². The Morgan fingerprint density at radius 2 is 2.13 bits per heavy atom. The number of halogens is 2. The van der Waals surface area contributed by atoms with Crippen LogP contribution in [0, 0.1) is 11.8 Å². The zero-order valence-corrected chi connectivity index (χ0v) is 9.78. The summed E-state index contributed by atoms with van der Waals surface area (Å²) in [4.78, 5) is 0. The zero-order chi connectivity index (χ0) is 11.3. The average Bonchev–Trinajstić information content (AvgIpc) is 2.19. The molecule has 0 fully saturated rings. The minimum Gasteiger partial charge on any atom is -0.506 e. The number of benzene rings is 1. The highest BCUT2D eigenvalue weighted by Gasteiger charge is 2.06. The van der Waals surface area contributed by atoms with E-state index < -0.39 is 0 Å². The Kier molecular flexibility index (Phi) is 4.77. The molecule has 2 nitrogen and oxygen atoms in total. The van der Waals surface area contributed by atoms with Gasteiger partial charge in [0.25, 0.3) is 0 Å². The van der Waals surface area contributed by atoms with Crippen molar-refractivity contribution in [2.75, 3.05) is 6.54 Å². The van der Waals surface area contributed by atoms with E-state index in [0.717, 1.165) is 0 Å². The molecular formula is C11H11Cl2NO. The van der Waals surface area contributed by atoms with Gasteiger partial charge in [-0.2, -0.15) is 0 Å². The van der Waals surface area contributed by atoms with Crippen molar-refractivity contribution in [2.45, 2.75) is 13.5 Å². The first-order chi connectivity index (χ1) is 7.15. The van der Waals surface area contributed by atoms with E-state index in [0.29, 0.717) is 23.7 Å². The number of hydrogen-bond acceptors (Lipinski definition) is 2. The highest BCUT2D eigenvalue weighted by atomic mass is 35.5. The molecule has 0 atom stereocenters. The number of hydrogen-bond donors (Lipinski definition) is 2. The highest BCUT2D eigenvalue weighted by molar-refractivity contribution is 6.35. The molecule has 0 spiro atoms. The smallest absolute Gasteiger partial charge is 0.138 e. The normalized spacial score (nSPS) is 9.53. The van der Waals surface area contributed by atoms with Gasteiger partial charge in [0.1, 0.15) is 5.75 Å². The summed E-state index contributed by atoms with van der Waals surface area (Å²) < 4.78 is 0. The lowest BCUT2D eigenvalue weighted by Gasteiger charge is -2.06. The fourth-order valence-electron chi connectivity index (χ4n) is 1.10. The lowest BCUT2D eigenvalue weighted by Crippen LogP contribution is -2.13. The SMILES string of the molecule is CC#CCNCc1cc(Cl)cc(Cl)c1O. The molecule has 0 unspecified atom stereocenters. The van der Waals surface area contributed by atoms with E-state index in [-0.39, 0.29) is 10.8 Å². The highest BCUT2D eigenvalue weighted by Crippen LogP contribution is 2.30. The molecule has 1 aromatic carbocycles. The van der Waals surface area contributed by atoms with Crippen LogP contribution in [0.1, 0.15) is 12.5 Å². The van der Waals surface area contributed by atoms with Crippen LogP contribution in [0.5, 0.6) is 5.75 Å². The molecule has 1 aromatic rings. The van der Waals surface area contributed by atoms with Crippen LogP contribution in [0.4, 0.5) is 0 Å². The van der Waals surface area contributed by atoms with Gasteiger partial charge in [0, 0.05) is 17.1 Å². The van der Waals surface area contributed by atoms with E-state index in [9.17, 15) is 5.11 Å². The monoisotopic (exact) mass is 243 g/mol. The second kappa shape index (κ2) is 5.87. The molecule has 0 radical (unpaired) electrons. The van der Waals surface area contributed by atoms with Gasteiger partial charge in [-0.05, 0) is 19.1 Å². The summed E-state index contributed by atoms with van der Waals surface area (Å²) in [5.74, 6) is 5.69. The van der Waals surface area contributed by atoms with Gasteiger partial charge < -0.3 is 10.4 Å². The topological polar surface area (TPSA) is 32.3 Å². The van der Waals surface area contributed by atoms with E-state index in [1.807, 2.05) is 0 Å². The molecule has 0 saturated heterocycles. The summed E-state index contributed by atoms with van der Waals surface area (Å²) in [6.45, 7) is 2.83. The van der Waals surface area contributed by atoms with Gasteiger partial charge >= 0.3 is 0 Å². The van der Waals surface area contributed by atoms with E-state index in [2.05, 4.69) is 17.2 Å². The molecule has 0 aliphatic carbocycles. The Labute approximate surface area is 99.2 Å². The van der Waals surface area contributed by atoms with Crippen LogP contribution in [0.25, 0.3) is 0 Å². The predicted molar refractivity (Wildman–Crippen MR) is 63.3 cm³/mol. The van der Waals surface area contributed by atoms with Crippen molar-refractivity contribution < 1.29 is 5.11 Å². The Bertz CT molecular complexity index is 407. The first-order valence-electron chi connectivity index (χ1n) is 4.42. The Hall–Kier alpha value is -0.880. The molecule has 2 N–H and O–H groups in total. The quantitative estimate of drug-likeness (QED) is 0.633. The standard InChI is InChI=1S/C11H11Cl2NO/c1-2-3-4-14-7-8-5-9(12)6-10(13)11(8)15/h5-6,14-15H,4,7H2,1H3. The lowest BCUT2D eigenvalue weighted by atomic mass is 10.2. The van der Waals surface area contributed by atoms with Crippen LogP contribution in [0.3, 0.4) is 0 Å². The van der Waals surface area contributed by atoms with Crippen molar-refractivity contribution in [3.8, 4) is 17.6 Å². The fraction of sp³-hybridized carbons (Fsp3) is 0.273. The van der Waals surface area contributed by atoms with E-state index in [4.69, 9.17) is 23.2 Å². The van der Waals surface area contributed by atoms with Crippen molar-refractivity contribution in [3.63, 3.8) is 0 Å². The van der Waals surface area contributed by atoms with Crippen LogP contribution >= 0.6 is 23.2 Å². The Morgan fingerprint density at radius 3 is 2.80 bits per heavy atom. The minimum absolute atomic E-state index is 0.0676. The van der Waals surface area contributed by atoms with E-state index in [1.165, 1.54) is 6.07 Å². The summed E-state index contributed by atoms with van der Waals surface area (Å²) in [7, 11) is 0. The first kappa shape index (κ1) is 12.2. The molecule has 0 heterocycles. The van der Waals surface area contributed by atoms with Crippen LogP contribution in [-0.4, -0.2) is 11.7 Å². The Balaban J connectivity index is 2.70. The van der Waals surface area contributed by atoms with Crippen LogP contribution < -0.4 is 5.32 Å². The van der Waals surface area contributed by atoms with Gasteiger partial charge in [-0.3, -0.25) is 0 Å². The summed E-state index contributed by atoms with van der Waals surface area (Å²) in [6, 6.07) is 3.18. The van der Waals surface area contributed by atoms with Crippen molar-refractivity contribution in [1.82, 2.24) is 5.32 Å². The molecule has 0 bridgehead atoms. The maximum Gasteiger partial charge on any atom is 0.138 e. The third kappa shape index (κ3) is 3.64. The van der Waals surface area contributed by atoms with Crippen molar-refractivity contribution in [3.05, 3.63) is 27.7 Å². The summed E-state index contributed by atoms with van der Waals surface area (Å²) in [5.41, 5.74) is 0.672. The van der Waals surface area contributed by atoms with Gasteiger partial charge in [0.2, 0.25) is 0 Å². The molecule has 0 saturated carbocycles. The van der Waals surface area contributed by atoms with Crippen molar-refractivity contribution >= 4 is 23.2 Å². The molecule has 15 heavy (non-hydrogen) atoms. The molecule has 0 aliphatic heterocycles. The third-order valence-corrected chi connectivity index (χ3v) is 2.32. The van der Waals surface area contributed by atoms with Gasteiger partial charge in [-0.25, -0.2) is 0 Å². The molecular weight excluding hydrogens is 233 g/mol. The summed E-state index contributed by atoms with van der Waals surface area (Å²) >= 11 is 11.6. The summed E-state index contributed by atoms with van der Waals surface area (Å²) in [6.07, 6.45) is 0. The van der Waals surface area contributed by atoms with Gasteiger partial charge in [-0.15, -0.1) is 5.92 Å². The van der Waals surface area contributed by atoms with E-state index in [1.54, 1.807) is 13.0 Å². The van der Waals surface area contributed by atoms with Crippen LogP contribution in [0.15, 0.2) is 12.1 Å². The average molecular weight is 244 g/mol. The van der Waals surface area contributed by atoms with Gasteiger partial charge in [0.05, 0.1) is 11.6 Å². The third-order valence-electron chi connectivity index (χ3n) is 1.81. The number of aromatic hydroxyl groups is 1. The molecule has 1 rings (SSSR count). The van der Waals surface area contributed by atoms with Gasteiger partial charge in [-0.1, -0.05) is 29.1 Å². The van der Waals surface area contributed by atoms with Crippen molar-refractivity contribution in [2.24, 2.45) is 0 Å². The molecule has 4 heteroatoms. The van der Waals surface area contributed by atoms with Crippen LogP contribution in [0.2, 0.25) is 10.0 Å². The maximum atomic E-state index is 9.61. The number of nitrogens with one attached hydrogen (secondary N) is 1. The first-order valence-corrected chi connectivity index (χ1v) is 5.18. The molecule has 0 aliphatic rings. The molecule has 80 valence electrons. The van der Waals surface area contributed by atoms with E-state index >= 15 is 0 Å². The molecule has 0 aromatic heterocycles. The zero-order valence-electron chi connectivity index (χ0n) is 8.27. The second-order valence-corrected chi connectivity index (χ2v) is 3.77. The largest absolute Gasteiger partial charge is 0.506 e. The van der Waals surface area contributed by atoms with Gasteiger partial charge in [0.15, 0.2) is 0 Å². The predicted octanol–water partition coefficient (Wildman–Crippen LogP) is 2.81. The maximum absolute atomic E-state index is 9.61. The number of rotatable bonds is 3. The number of phenols is 1. The Morgan fingerprint density at radius 1 is 1.40 bits per heavy atom. The summed E-state index contributed by atoms with van der Waals surface area (Å²) in [5, 5.41) is 13.4. The lowest BCUT2D eigenvalue weighted by molar-refractivity contribution is 0.466. The molecule has 0 amide bonds. The van der Waals surface area contributed by atoms with Crippen molar-refractivity contribution in [1.29, 1.82) is 0 Å². The minimum atomic E-state index is 0.0676. The second-order valence-electron chi connectivity index (χ2n) is 2.93. The fourth-order valence-corrected chi connectivity index (χ4v) is 1.64. The number of phenolic OH excluding ortho intramolecular Hbond substituents is 1.